The molecule has 0 aliphatic carbocycles. The molecule has 1 aromatic carbocycles. The van der Waals surface area contributed by atoms with Crippen LogP contribution in [-0.4, -0.2) is 36.1 Å². The molecule has 1 aliphatic rings. The lowest BCUT2D eigenvalue weighted by Crippen LogP contribution is -2.32. The molecular weight excluding hydrogens is 377 g/mol. The Labute approximate surface area is 160 Å². The fraction of sp³-hybridized carbons (Fsp3) is 0.278. The van der Waals surface area contributed by atoms with E-state index in [4.69, 9.17) is 27.9 Å². The summed E-state index contributed by atoms with van der Waals surface area (Å²) in [5.74, 6) is -0.790. The van der Waals surface area contributed by atoms with E-state index in [1.807, 2.05) is 0 Å². The van der Waals surface area contributed by atoms with E-state index in [2.05, 4.69) is 15.6 Å². The highest BCUT2D eigenvalue weighted by Gasteiger charge is 2.18. The molecular formula is C18H17Cl2N3O3. The minimum atomic E-state index is -0.506. The van der Waals surface area contributed by atoms with E-state index in [-0.39, 0.29) is 17.7 Å². The zero-order valence-electron chi connectivity index (χ0n) is 13.8. The number of pyridine rings is 1. The van der Waals surface area contributed by atoms with Gasteiger partial charge in [-0.3, -0.25) is 14.6 Å². The molecule has 0 spiro atoms. The first-order chi connectivity index (χ1) is 12.5. The van der Waals surface area contributed by atoms with E-state index in [1.165, 1.54) is 12.3 Å². The van der Waals surface area contributed by atoms with Crippen molar-refractivity contribution in [3.8, 4) is 0 Å². The van der Waals surface area contributed by atoms with Gasteiger partial charge in [-0.25, -0.2) is 0 Å². The van der Waals surface area contributed by atoms with E-state index >= 15 is 0 Å². The maximum Gasteiger partial charge on any atom is 0.274 e. The number of aromatic nitrogens is 1. The predicted molar refractivity (Wildman–Crippen MR) is 100.0 cm³/mol. The maximum atomic E-state index is 12.4. The number of halogens is 2. The van der Waals surface area contributed by atoms with Crippen molar-refractivity contribution in [3.05, 3.63) is 57.8 Å². The van der Waals surface area contributed by atoms with Crippen LogP contribution in [0.3, 0.4) is 0 Å². The van der Waals surface area contributed by atoms with Gasteiger partial charge < -0.3 is 15.4 Å². The predicted octanol–water partition coefficient (Wildman–Crippen LogP) is 3.55. The Morgan fingerprint density at radius 2 is 1.96 bits per heavy atom. The summed E-state index contributed by atoms with van der Waals surface area (Å²) in [6, 6.07) is 7.88. The van der Waals surface area contributed by atoms with Gasteiger partial charge in [0.15, 0.2) is 0 Å². The summed E-state index contributed by atoms with van der Waals surface area (Å²) >= 11 is 12.1. The molecule has 0 bridgehead atoms. The molecule has 1 aromatic heterocycles. The summed E-state index contributed by atoms with van der Waals surface area (Å²) in [6.07, 6.45) is 3.39. The molecule has 0 saturated carbocycles. The van der Waals surface area contributed by atoms with Gasteiger partial charge in [-0.2, -0.15) is 0 Å². The van der Waals surface area contributed by atoms with Crippen molar-refractivity contribution in [2.24, 2.45) is 0 Å². The van der Waals surface area contributed by atoms with Gasteiger partial charge in [0.25, 0.3) is 11.8 Å². The standard InChI is InChI=1S/C18H17Cl2N3O3/c19-13-4-1-5-14(20)16(13)23-18(25)15-9-11(6-7-21-15)17(24)22-10-12-3-2-8-26-12/h1,4-7,9,12H,2-3,8,10H2,(H,22,24)(H,23,25). The van der Waals surface area contributed by atoms with Crippen molar-refractivity contribution in [2.75, 3.05) is 18.5 Å². The van der Waals surface area contributed by atoms with E-state index in [1.54, 1.807) is 24.3 Å². The third kappa shape index (κ3) is 4.52. The van der Waals surface area contributed by atoms with Gasteiger partial charge >= 0.3 is 0 Å². The fourth-order valence-corrected chi connectivity index (χ4v) is 3.10. The molecule has 26 heavy (non-hydrogen) atoms. The Morgan fingerprint density at radius 3 is 2.65 bits per heavy atom. The molecule has 1 aliphatic heterocycles. The molecule has 2 N–H and O–H groups in total. The van der Waals surface area contributed by atoms with Gasteiger partial charge in [0, 0.05) is 24.9 Å². The monoisotopic (exact) mass is 393 g/mol. The van der Waals surface area contributed by atoms with Crippen molar-refractivity contribution in [2.45, 2.75) is 18.9 Å². The van der Waals surface area contributed by atoms with Crippen LogP contribution in [0, 0.1) is 0 Å². The zero-order chi connectivity index (χ0) is 18.5. The van der Waals surface area contributed by atoms with Crippen molar-refractivity contribution in [1.82, 2.24) is 10.3 Å². The number of rotatable bonds is 5. The number of nitrogens with zero attached hydrogens (tertiary/aromatic N) is 1. The van der Waals surface area contributed by atoms with Crippen LogP contribution >= 0.6 is 23.2 Å². The number of hydrogen-bond acceptors (Lipinski definition) is 4. The van der Waals surface area contributed by atoms with E-state index in [9.17, 15) is 9.59 Å². The van der Waals surface area contributed by atoms with Crippen LogP contribution in [0.5, 0.6) is 0 Å². The van der Waals surface area contributed by atoms with Crippen LogP contribution < -0.4 is 10.6 Å². The number of para-hydroxylation sites is 1. The van der Waals surface area contributed by atoms with Crippen LogP contribution in [0.4, 0.5) is 5.69 Å². The second-order valence-electron chi connectivity index (χ2n) is 5.83. The van der Waals surface area contributed by atoms with Crippen LogP contribution in [0.25, 0.3) is 0 Å². The van der Waals surface area contributed by atoms with Gasteiger partial charge in [-0.05, 0) is 37.1 Å². The lowest BCUT2D eigenvalue weighted by molar-refractivity contribution is 0.0857. The summed E-state index contributed by atoms with van der Waals surface area (Å²) < 4.78 is 5.47. The average molecular weight is 394 g/mol. The first-order valence-corrected chi connectivity index (χ1v) is 8.91. The first-order valence-electron chi connectivity index (χ1n) is 8.16. The number of carbonyl (C=O) groups excluding carboxylic acids is 2. The number of anilines is 1. The van der Waals surface area contributed by atoms with Gasteiger partial charge in [-0.15, -0.1) is 0 Å². The maximum absolute atomic E-state index is 12.4. The minimum absolute atomic E-state index is 0.0471. The van der Waals surface area contributed by atoms with Crippen LogP contribution in [0.15, 0.2) is 36.5 Å². The Kier molecular flexibility index (Phi) is 6.08. The minimum Gasteiger partial charge on any atom is -0.376 e. The molecule has 2 amide bonds. The highest BCUT2D eigenvalue weighted by molar-refractivity contribution is 6.40. The summed E-state index contributed by atoms with van der Waals surface area (Å²) in [5, 5.41) is 6.06. The first kappa shape index (κ1) is 18.6. The number of benzene rings is 1. The Bertz CT molecular complexity index is 803. The highest BCUT2D eigenvalue weighted by Crippen LogP contribution is 2.30. The molecule has 1 saturated heterocycles. The lowest BCUT2D eigenvalue weighted by Gasteiger charge is -2.11. The molecule has 1 atom stereocenters. The van der Waals surface area contributed by atoms with Crippen molar-refractivity contribution in [3.63, 3.8) is 0 Å². The second-order valence-corrected chi connectivity index (χ2v) is 6.64. The third-order valence-corrected chi connectivity index (χ3v) is 4.60. The van der Waals surface area contributed by atoms with E-state index < -0.39 is 5.91 Å². The molecule has 0 radical (unpaired) electrons. The summed E-state index contributed by atoms with van der Waals surface area (Å²) in [5.41, 5.74) is 0.732. The molecule has 1 unspecified atom stereocenters. The summed E-state index contributed by atoms with van der Waals surface area (Å²) in [7, 11) is 0. The summed E-state index contributed by atoms with van der Waals surface area (Å²) in [6.45, 7) is 1.17. The van der Waals surface area contributed by atoms with Gasteiger partial charge in [-0.1, -0.05) is 29.3 Å². The SMILES string of the molecule is O=C(NCC1CCCO1)c1ccnc(C(=O)Nc2c(Cl)cccc2Cl)c1. The quantitative estimate of drug-likeness (QED) is 0.813. The highest BCUT2D eigenvalue weighted by atomic mass is 35.5. The molecule has 136 valence electrons. The Balaban J connectivity index is 1.68. The van der Waals surface area contributed by atoms with Gasteiger partial charge in [0.1, 0.15) is 5.69 Å². The lowest BCUT2D eigenvalue weighted by atomic mass is 10.2. The largest absolute Gasteiger partial charge is 0.376 e. The van der Waals surface area contributed by atoms with Crippen molar-refractivity contribution >= 4 is 40.7 Å². The Morgan fingerprint density at radius 1 is 1.19 bits per heavy atom. The molecule has 3 rings (SSSR count). The third-order valence-electron chi connectivity index (χ3n) is 3.97. The molecule has 2 aromatic rings. The molecule has 8 heteroatoms. The topological polar surface area (TPSA) is 80.3 Å². The number of carbonyl (C=O) groups is 2. The second kappa shape index (κ2) is 8.49. The molecule has 2 heterocycles. The number of ether oxygens (including phenoxy) is 1. The van der Waals surface area contributed by atoms with Gasteiger partial charge in [0.2, 0.25) is 0 Å². The van der Waals surface area contributed by atoms with Gasteiger partial charge in [0.05, 0.1) is 21.8 Å². The van der Waals surface area contributed by atoms with Crippen molar-refractivity contribution in [1.29, 1.82) is 0 Å². The van der Waals surface area contributed by atoms with Crippen LogP contribution in [0.1, 0.15) is 33.7 Å². The molecule has 6 nitrogen and oxygen atoms in total. The average Bonchev–Trinajstić information content (AvgIpc) is 3.16. The van der Waals surface area contributed by atoms with E-state index in [0.717, 1.165) is 19.4 Å². The fourth-order valence-electron chi connectivity index (χ4n) is 2.60. The van der Waals surface area contributed by atoms with E-state index in [0.29, 0.717) is 27.8 Å². The number of amides is 2. The smallest absolute Gasteiger partial charge is 0.274 e. The van der Waals surface area contributed by atoms with Crippen LogP contribution in [-0.2, 0) is 4.74 Å². The zero-order valence-corrected chi connectivity index (χ0v) is 15.3. The van der Waals surface area contributed by atoms with Crippen LogP contribution in [0.2, 0.25) is 10.0 Å². The number of nitrogens with one attached hydrogen (secondary N) is 2. The van der Waals surface area contributed by atoms with Crippen molar-refractivity contribution < 1.29 is 14.3 Å². The Hall–Kier alpha value is -2.15. The number of hydrogen-bond donors (Lipinski definition) is 2. The molecule has 1 fully saturated rings. The normalized spacial score (nSPS) is 16.3. The summed E-state index contributed by atoms with van der Waals surface area (Å²) in [4.78, 5) is 28.7.